The van der Waals surface area contributed by atoms with E-state index in [0.717, 1.165) is 12.8 Å². The van der Waals surface area contributed by atoms with Crippen LogP contribution >= 0.6 is 0 Å². The van der Waals surface area contributed by atoms with Gasteiger partial charge in [0.1, 0.15) is 0 Å². The molecule has 0 spiro atoms. The molecule has 27 heavy (non-hydrogen) atoms. The molecule has 0 fully saturated rings. The van der Waals surface area contributed by atoms with Crippen molar-refractivity contribution in [3.8, 4) is 0 Å². The monoisotopic (exact) mass is 470 g/mol. The molecule has 0 amide bonds. The molecule has 2 aromatic rings. The minimum Gasteiger partial charge on any atom is -1.00 e. The molecule has 0 nitrogen and oxygen atoms in total. The van der Waals surface area contributed by atoms with E-state index in [2.05, 4.69) is 86.7 Å². The van der Waals surface area contributed by atoms with Gasteiger partial charge in [0, 0.05) is 0 Å². The van der Waals surface area contributed by atoms with Crippen LogP contribution in [0.15, 0.2) is 79.4 Å². The maximum atomic E-state index is 2.35. The van der Waals surface area contributed by atoms with Gasteiger partial charge in [-0.3, -0.25) is 0 Å². The summed E-state index contributed by atoms with van der Waals surface area (Å²) in [5.41, 5.74) is 8.48. The van der Waals surface area contributed by atoms with Crippen molar-refractivity contribution < 1.29 is 48.0 Å². The number of hydrogen-bond acceptors (Lipinski definition) is 0. The smallest absolute Gasteiger partial charge is 1.00 e. The molecular weight excluding hydrogens is 450 g/mol. The average Bonchev–Trinajstić information content (AvgIpc) is 3.25. The molecule has 136 valence electrons. The van der Waals surface area contributed by atoms with Crippen LogP contribution in [0.4, 0.5) is 0 Å². The second kappa shape index (κ2) is 9.88. The predicted molar refractivity (Wildman–Crippen MR) is 104 cm³/mol. The van der Waals surface area contributed by atoms with Crippen molar-refractivity contribution in [2.45, 2.75) is 26.7 Å². The van der Waals surface area contributed by atoms with Crippen LogP contribution < -0.4 is 24.8 Å². The minimum absolute atomic E-state index is 0. The third-order valence-electron chi connectivity index (χ3n) is 4.82. The van der Waals surface area contributed by atoms with E-state index in [1.807, 2.05) is 0 Å². The van der Waals surface area contributed by atoms with Crippen molar-refractivity contribution in [2.24, 2.45) is 0 Å². The SMILES string of the molecule is Cc1cccc(C2=[C]([Zr+2][C]3=C(c4cccc(C)c4)C=CC3)CC=C2)c1.[Cl-].[Cl-]. The molecule has 3 heteroatoms. The zero-order valence-electron chi connectivity index (χ0n) is 15.6. The van der Waals surface area contributed by atoms with Gasteiger partial charge < -0.3 is 24.8 Å². The first-order chi connectivity index (χ1) is 12.2. The van der Waals surface area contributed by atoms with Crippen LogP contribution in [0.5, 0.6) is 0 Å². The topological polar surface area (TPSA) is 0 Å². The molecule has 0 saturated carbocycles. The molecule has 2 aliphatic rings. The van der Waals surface area contributed by atoms with Crippen molar-refractivity contribution in [3.63, 3.8) is 0 Å². The molecule has 4 rings (SSSR count). The van der Waals surface area contributed by atoms with Gasteiger partial charge in [-0.25, -0.2) is 0 Å². The van der Waals surface area contributed by atoms with Gasteiger partial charge in [0.25, 0.3) is 0 Å². The number of hydrogen-bond donors (Lipinski definition) is 0. The summed E-state index contributed by atoms with van der Waals surface area (Å²) in [6.07, 6.45) is 11.7. The predicted octanol–water partition coefficient (Wildman–Crippen LogP) is 0.436. The van der Waals surface area contributed by atoms with E-state index in [-0.39, 0.29) is 24.8 Å². The van der Waals surface area contributed by atoms with Crippen molar-refractivity contribution in [1.29, 1.82) is 0 Å². The Kier molecular flexibility index (Phi) is 8.10. The van der Waals surface area contributed by atoms with E-state index in [4.69, 9.17) is 0 Å². The van der Waals surface area contributed by atoms with Crippen molar-refractivity contribution in [2.75, 3.05) is 0 Å². The third-order valence-corrected chi connectivity index (χ3v) is 8.63. The number of aryl methyl sites for hydroxylation is 2. The molecular formula is C24H22Cl2Zr. The van der Waals surface area contributed by atoms with Crippen LogP contribution in [0.3, 0.4) is 0 Å². The van der Waals surface area contributed by atoms with Crippen molar-refractivity contribution in [3.05, 3.63) is 102 Å². The van der Waals surface area contributed by atoms with Crippen LogP contribution in [0.2, 0.25) is 0 Å². The van der Waals surface area contributed by atoms with E-state index in [1.54, 1.807) is 6.56 Å². The Morgan fingerprint density at radius 3 is 1.52 bits per heavy atom. The molecule has 0 bridgehead atoms. The third kappa shape index (κ3) is 5.02. The Morgan fingerprint density at radius 2 is 1.11 bits per heavy atom. The Hall–Kier alpha value is -1.14. The van der Waals surface area contributed by atoms with Crippen LogP contribution in [0.25, 0.3) is 11.1 Å². The van der Waals surface area contributed by atoms with Gasteiger partial charge in [-0.1, -0.05) is 0 Å². The van der Waals surface area contributed by atoms with Gasteiger partial charge in [0.15, 0.2) is 0 Å². The van der Waals surface area contributed by atoms with E-state index in [9.17, 15) is 0 Å². The molecule has 0 N–H and O–H groups in total. The number of rotatable bonds is 4. The summed E-state index contributed by atoms with van der Waals surface area (Å²) in [7, 11) is 0. The zero-order chi connectivity index (χ0) is 17.2. The van der Waals surface area contributed by atoms with Crippen LogP contribution in [-0.2, 0) is 23.2 Å². The molecule has 0 aromatic heterocycles. The van der Waals surface area contributed by atoms with E-state index < -0.39 is 23.2 Å². The summed E-state index contributed by atoms with van der Waals surface area (Å²) in [5, 5.41) is 0. The second-order valence-electron chi connectivity index (χ2n) is 6.86. The van der Waals surface area contributed by atoms with E-state index >= 15 is 0 Å². The molecule has 0 heterocycles. The number of allylic oxidation sites excluding steroid dienone is 8. The molecule has 2 aliphatic carbocycles. The maximum Gasteiger partial charge on any atom is -1.00 e. The first-order valence-corrected chi connectivity index (χ1v) is 11.4. The number of halogens is 2. The summed E-state index contributed by atoms with van der Waals surface area (Å²) in [4.78, 5) is 0. The van der Waals surface area contributed by atoms with Gasteiger partial charge in [-0.15, -0.1) is 0 Å². The Morgan fingerprint density at radius 1 is 0.667 bits per heavy atom. The fourth-order valence-corrected chi connectivity index (χ4v) is 7.35. The molecule has 0 aliphatic heterocycles. The van der Waals surface area contributed by atoms with E-state index in [1.165, 1.54) is 33.4 Å². The summed E-state index contributed by atoms with van der Waals surface area (Å²) in [5.74, 6) is 0. The van der Waals surface area contributed by atoms with Gasteiger partial charge >= 0.3 is 163 Å². The van der Waals surface area contributed by atoms with Crippen LogP contribution in [0.1, 0.15) is 35.1 Å². The standard InChI is InChI=1S/2C12H11.2ClH.Zr/c2*1-10-5-4-8-12(9-10)11-6-2-3-7-11;;;/h2*2,4-6,8-9H,3H2,1H3;2*1H;/q;;;;+2/p-2. The van der Waals surface area contributed by atoms with Gasteiger partial charge in [0.05, 0.1) is 0 Å². The normalized spacial score (nSPS) is 14.9. The number of benzene rings is 2. The summed E-state index contributed by atoms with van der Waals surface area (Å²) >= 11 is -0.741. The second-order valence-corrected chi connectivity index (χ2v) is 10.4. The Bertz CT molecular complexity index is 871. The summed E-state index contributed by atoms with van der Waals surface area (Å²) in [6.45, 7) is 4.36. The minimum atomic E-state index is -0.741. The molecule has 2 aromatic carbocycles. The van der Waals surface area contributed by atoms with Gasteiger partial charge in [-0.05, 0) is 0 Å². The molecule has 0 radical (unpaired) electrons. The zero-order valence-corrected chi connectivity index (χ0v) is 19.6. The Labute approximate surface area is 186 Å². The van der Waals surface area contributed by atoms with Crippen LogP contribution in [-0.4, -0.2) is 0 Å². The fourth-order valence-electron chi connectivity index (χ4n) is 3.60. The van der Waals surface area contributed by atoms with Gasteiger partial charge in [-0.2, -0.15) is 0 Å². The Balaban J connectivity index is 0.00000131. The summed E-state index contributed by atoms with van der Waals surface area (Å²) < 4.78 is 3.44. The molecule has 0 atom stereocenters. The van der Waals surface area contributed by atoms with Crippen LogP contribution in [0, 0.1) is 13.8 Å². The first kappa shape index (κ1) is 22.2. The first-order valence-electron chi connectivity index (χ1n) is 8.91. The quantitative estimate of drug-likeness (QED) is 0.606. The van der Waals surface area contributed by atoms with Crippen molar-refractivity contribution in [1.82, 2.24) is 0 Å². The molecule has 0 saturated heterocycles. The van der Waals surface area contributed by atoms with Crippen molar-refractivity contribution >= 4 is 11.1 Å². The van der Waals surface area contributed by atoms with Gasteiger partial charge in [0.2, 0.25) is 0 Å². The average molecular weight is 473 g/mol. The van der Waals surface area contributed by atoms with E-state index in [0.29, 0.717) is 0 Å². The largest absolute Gasteiger partial charge is 1.00 e. The fraction of sp³-hybridized carbons (Fsp3) is 0.167. The maximum absolute atomic E-state index is 2.35. The molecule has 0 unspecified atom stereocenters. The summed E-state index contributed by atoms with van der Waals surface area (Å²) in [6, 6.07) is 17.9.